The number of ether oxygens (including phenoxy) is 1. The molecule has 0 spiro atoms. The van der Waals surface area contributed by atoms with Crippen LogP contribution in [0.2, 0.25) is 0 Å². The van der Waals surface area contributed by atoms with E-state index in [4.69, 9.17) is 4.74 Å². The van der Waals surface area contributed by atoms with Gasteiger partial charge in [-0.15, -0.1) is 0 Å². The first kappa shape index (κ1) is 17.9. The Morgan fingerprint density at radius 2 is 1.52 bits per heavy atom. The number of hydrogen-bond acceptors (Lipinski definition) is 3. The van der Waals surface area contributed by atoms with Gasteiger partial charge in [-0.2, -0.15) is 0 Å². The van der Waals surface area contributed by atoms with Crippen molar-refractivity contribution in [3.05, 3.63) is 12.2 Å². The van der Waals surface area contributed by atoms with Gasteiger partial charge in [0.2, 0.25) is 5.91 Å². The van der Waals surface area contributed by atoms with Gasteiger partial charge in [0.25, 0.3) is 0 Å². The zero-order chi connectivity index (χ0) is 15.5. The van der Waals surface area contributed by atoms with Crippen LogP contribution in [0.15, 0.2) is 12.2 Å². The lowest BCUT2D eigenvalue weighted by molar-refractivity contribution is -0.124. The van der Waals surface area contributed by atoms with Crippen LogP contribution in [0.3, 0.4) is 0 Å². The number of methoxy groups -OCH3 is 1. The van der Waals surface area contributed by atoms with Gasteiger partial charge in [0, 0.05) is 19.2 Å². The molecule has 0 radical (unpaired) electrons. The van der Waals surface area contributed by atoms with E-state index in [0.717, 1.165) is 32.1 Å². The lowest BCUT2D eigenvalue weighted by Crippen LogP contribution is -2.31. The summed E-state index contributed by atoms with van der Waals surface area (Å²) >= 11 is 0. The molecule has 1 rings (SSSR count). The van der Waals surface area contributed by atoms with Gasteiger partial charge >= 0.3 is 0 Å². The van der Waals surface area contributed by atoms with Gasteiger partial charge in [0.1, 0.15) is 6.10 Å². The molecule has 1 heterocycles. The number of carbonyl (C=O) groups is 2. The number of nitrogens with one attached hydrogen (secondary N) is 1. The Morgan fingerprint density at radius 1 is 0.952 bits per heavy atom. The Kier molecular flexibility index (Phi) is 8.99. The molecule has 0 fully saturated rings. The Hall–Kier alpha value is -1.16. The van der Waals surface area contributed by atoms with Crippen molar-refractivity contribution in [3.8, 4) is 0 Å². The highest BCUT2D eigenvalue weighted by Crippen LogP contribution is 2.13. The minimum Gasteiger partial charge on any atom is -0.373 e. The second kappa shape index (κ2) is 10.6. The molecule has 0 saturated carbocycles. The predicted molar refractivity (Wildman–Crippen MR) is 84.1 cm³/mol. The van der Waals surface area contributed by atoms with Crippen LogP contribution < -0.4 is 5.32 Å². The van der Waals surface area contributed by atoms with Crippen molar-refractivity contribution in [1.29, 1.82) is 0 Å². The van der Waals surface area contributed by atoms with Crippen molar-refractivity contribution in [3.63, 3.8) is 0 Å². The molecule has 0 aromatic carbocycles. The molecule has 0 aromatic rings. The normalized spacial score (nSPS) is 28.9. The smallest absolute Gasteiger partial charge is 0.244 e. The van der Waals surface area contributed by atoms with E-state index in [9.17, 15) is 9.59 Å². The van der Waals surface area contributed by atoms with Crippen molar-refractivity contribution in [2.75, 3.05) is 7.11 Å². The third-order valence-corrected chi connectivity index (χ3v) is 3.99. The summed E-state index contributed by atoms with van der Waals surface area (Å²) in [4.78, 5) is 23.7. The SMILES string of the molecule is CO[C@@H]1CCCCCCCCC[C@@H](C)NC(=O)/C=C\C1=O. The molecule has 1 N–H and O–H groups in total. The van der Waals surface area contributed by atoms with Crippen LogP contribution in [-0.2, 0) is 14.3 Å². The molecule has 1 amide bonds. The first-order chi connectivity index (χ1) is 10.1. The zero-order valence-corrected chi connectivity index (χ0v) is 13.4. The van der Waals surface area contributed by atoms with E-state index in [-0.39, 0.29) is 17.7 Å². The summed E-state index contributed by atoms with van der Waals surface area (Å²) in [5.74, 6) is -0.315. The van der Waals surface area contributed by atoms with Crippen molar-refractivity contribution >= 4 is 11.7 Å². The minimum atomic E-state index is -0.417. The van der Waals surface area contributed by atoms with Gasteiger partial charge in [-0.3, -0.25) is 9.59 Å². The number of amides is 1. The van der Waals surface area contributed by atoms with Crippen LogP contribution in [0.25, 0.3) is 0 Å². The van der Waals surface area contributed by atoms with Crippen molar-refractivity contribution < 1.29 is 14.3 Å². The van der Waals surface area contributed by atoms with Crippen LogP contribution in [0.5, 0.6) is 0 Å². The molecule has 0 aromatic heterocycles. The third-order valence-electron chi connectivity index (χ3n) is 3.99. The molecule has 1 aliphatic rings. The highest BCUT2D eigenvalue weighted by molar-refractivity contribution is 5.99. The van der Waals surface area contributed by atoms with Crippen molar-refractivity contribution in [1.82, 2.24) is 5.32 Å². The van der Waals surface area contributed by atoms with Crippen molar-refractivity contribution in [2.24, 2.45) is 0 Å². The van der Waals surface area contributed by atoms with Crippen LogP contribution >= 0.6 is 0 Å². The number of hydrogen-bond donors (Lipinski definition) is 1. The molecular weight excluding hydrogens is 266 g/mol. The minimum absolute atomic E-state index is 0.118. The second-order valence-electron chi connectivity index (χ2n) is 5.92. The Labute approximate surface area is 128 Å². The highest BCUT2D eigenvalue weighted by Gasteiger charge is 2.15. The lowest BCUT2D eigenvalue weighted by atomic mass is 10.0. The fourth-order valence-corrected chi connectivity index (χ4v) is 2.67. The average Bonchev–Trinajstić information content (AvgIpc) is 2.46. The molecular formula is C17H29NO3. The fraction of sp³-hybridized carbons (Fsp3) is 0.765. The summed E-state index contributed by atoms with van der Waals surface area (Å²) in [5, 5.41) is 2.90. The second-order valence-corrected chi connectivity index (χ2v) is 5.92. The molecule has 120 valence electrons. The third kappa shape index (κ3) is 8.00. The maximum absolute atomic E-state index is 12.0. The largest absolute Gasteiger partial charge is 0.373 e. The average molecular weight is 295 g/mol. The van der Waals surface area contributed by atoms with E-state index in [2.05, 4.69) is 5.32 Å². The summed E-state index contributed by atoms with van der Waals surface area (Å²) < 4.78 is 5.23. The van der Waals surface area contributed by atoms with Crippen LogP contribution in [0, 0.1) is 0 Å². The van der Waals surface area contributed by atoms with E-state index in [1.165, 1.54) is 37.8 Å². The zero-order valence-electron chi connectivity index (χ0n) is 13.4. The summed E-state index contributed by atoms with van der Waals surface area (Å²) in [6.07, 6.45) is 12.3. The molecule has 2 atom stereocenters. The number of rotatable bonds is 1. The van der Waals surface area contributed by atoms with Crippen molar-refractivity contribution in [2.45, 2.75) is 76.9 Å². The molecule has 21 heavy (non-hydrogen) atoms. The van der Waals surface area contributed by atoms with Crippen LogP contribution in [-0.4, -0.2) is 30.9 Å². The summed E-state index contributed by atoms with van der Waals surface area (Å²) in [6.45, 7) is 2.01. The van der Waals surface area contributed by atoms with Gasteiger partial charge < -0.3 is 10.1 Å². The summed E-state index contributed by atoms with van der Waals surface area (Å²) in [6, 6.07) is 0.156. The number of ketones is 1. The Morgan fingerprint density at radius 3 is 2.14 bits per heavy atom. The molecule has 0 bridgehead atoms. The molecule has 1 aliphatic heterocycles. The predicted octanol–water partition coefficient (Wildman–Crippen LogP) is 3.16. The Balaban J connectivity index is 2.58. The van der Waals surface area contributed by atoms with E-state index in [1.54, 1.807) is 7.11 Å². The fourth-order valence-electron chi connectivity index (χ4n) is 2.67. The first-order valence-electron chi connectivity index (χ1n) is 8.18. The van der Waals surface area contributed by atoms with E-state index in [0.29, 0.717) is 0 Å². The standard InChI is InChI=1S/C17H29NO3/c1-14-10-8-6-4-3-5-7-9-11-16(21-2)15(19)12-13-17(20)18-14/h12-14,16H,3-11H2,1-2H3,(H,18,20)/b13-12-/t14-,16-/m1/s1. The molecule has 0 unspecified atom stereocenters. The molecule has 0 aliphatic carbocycles. The van der Waals surface area contributed by atoms with E-state index >= 15 is 0 Å². The van der Waals surface area contributed by atoms with Gasteiger partial charge in [-0.05, 0) is 25.8 Å². The quantitative estimate of drug-likeness (QED) is 0.808. The van der Waals surface area contributed by atoms with E-state index in [1.807, 2.05) is 6.92 Å². The van der Waals surface area contributed by atoms with Gasteiger partial charge in [0.05, 0.1) is 0 Å². The van der Waals surface area contributed by atoms with Crippen LogP contribution in [0.1, 0.15) is 64.7 Å². The number of carbonyl (C=O) groups excluding carboxylic acids is 2. The van der Waals surface area contributed by atoms with E-state index < -0.39 is 6.10 Å². The summed E-state index contributed by atoms with van der Waals surface area (Å²) in [7, 11) is 1.55. The molecule has 0 saturated heterocycles. The van der Waals surface area contributed by atoms with Gasteiger partial charge in [-0.25, -0.2) is 0 Å². The van der Waals surface area contributed by atoms with Gasteiger partial charge in [0.15, 0.2) is 5.78 Å². The molecule has 4 nitrogen and oxygen atoms in total. The Bertz CT molecular complexity index is 352. The maximum Gasteiger partial charge on any atom is 0.244 e. The maximum atomic E-state index is 12.0. The van der Waals surface area contributed by atoms with Crippen LogP contribution in [0.4, 0.5) is 0 Å². The monoisotopic (exact) mass is 295 g/mol. The summed E-state index contributed by atoms with van der Waals surface area (Å²) in [5.41, 5.74) is 0. The lowest BCUT2D eigenvalue weighted by Gasteiger charge is -2.14. The molecule has 4 heteroatoms. The topological polar surface area (TPSA) is 55.4 Å². The first-order valence-corrected chi connectivity index (χ1v) is 8.18. The highest BCUT2D eigenvalue weighted by atomic mass is 16.5. The van der Waals surface area contributed by atoms with Gasteiger partial charge in [-0.1, -0.05) is 44.9 Å².